The number of carbonyl (C=O) groups is 1. The number of hydrogen-bond donors (Lipinski definition) is 3. The molecule has 0 spiro atoms. The molecule has 0 aliphatic carbocycles. The van der Waals surface area contributed by atoms with E-state index >= 15 is 0 Å². The minimum atomic E-state index is -1.12. The van der Waals surface area contributed by atoms with Gasteiger partial charge in [0, 0.05) is 56.9 Å². The average Bonchev–Trinajstić information content (AvgIpc) is 3.24. The van der Waals surface area contributed by atoms with Crippen LogP contribution in [0.3, 0.4) is 0 Å². The number of carbonyl (C=O) groups excluding carboxylic acids is 1. The highest BCUT2D eigenvalue weighted by molar-refractivity contribution is 6.30. The van der Waals surface area contributed by atoms with Crippen molar-refractivity contribution in [3.05, 3.63) is 59.1 Å². The smallest absolute Gasteiger partial charge is 0.320 e. The molecular formula is C28H38ClN3O4. The van der Waals surface area contributed by atoms with Gasteiger partial charge in [-0.1, -0.05) is 48.0 Å². The minimum absolute atomic E-state index is 0.112. The summed E-state index contributed by atoms with van der Waals surface area (Å²) in [4.78, 5) is 16.8. The van der Waals surface area contributed by atoms with E-state index in [-0.39, 0.29) is 18.5 Å². The van der Waals surface area contributed by atoms with Crippen LogP contribution >= 0.6 is 11.6 Å². The van der Waals surface area contributed by atoms with Crippen LogP contribution in [0.1, 0.15) is 37.7 Å². The predicted octanol–water partition coefficient (Wildman–Crippen LogP) is 3.85. The number of nitrogens with two attached hydrogens (primary N) is 1. The van der Waals surface area contributed by atoms with Gasteiger partial charge in [-0.05, 0) is 60.9 Å². The first kappa shape index (κ1) is 26.9. The Kier molecular flexibility index (Phi) is 8.91. The van der Waals surface area contributed by atoms with Gasteiger partial charge in [0.05, 0.1) is 11.7 Å². The number of aliphatic hydroxyl groups excluding tert-OH is 1. The lowest BCUT2D eigenvalue weighted by atomic mass is 9.72. The Labute approximate surface area is 218 Å². The molecule has 2 aromatic rings. The van der Waals surface area contributed by atoms with Gasteiger partial charge in [-0.3, -0.25) is 0 Å². The Bertz CT molecular complexity index is 1010. The molecule has 0 radical (unpaired) electrons. The summed E-state index contributed by atoms with van der Waals surface area (Å²) < 4.78 is 5.25. The number of likely N-dealkylation sites (tertiary alicyclic amines) is 2. The molecule has 7 nitrogen and oxygen atoms in total. The summed E-state index contributed by atoms with van der Waals surface area (Å²) in [5.41, 5.74) is 7.67. The number of β-amino-alcohol motifs (C(OH)–C–C–N with tert-alkyl or cyclic N) is 1. The number of amides is 2. The molecule has 0 saturated carbocycles. The number of halogens is 1. The van der Waals surface area contributed by atoms with E-state index in [1.165, 1.54) is 0 Å². The van der Waals surface area contributed by atoms with Crippen LogP contribution in [0.2, 0.25) is 5.02 Å². The van der Waals surface area contributed by atoms with E-state index in [0.717, 1.165) is 42.4 Å². The van der Waals surface area contributed by atoms with Crippen LogP contribution in [-0.2, 0) is 10.3 Å². The second-order valence-corrected chi connectivity index (χ2v) is 10.6. The zero-order valence-electron chi connectivity index (χ0n) is 21.0. The van der Waals surface area contributed by atoms with Crippen LogP contribution in [-0.4, -0.2) is 78.1 Å². The first-order valence-corrected chi connectivity index (χ1v) is 13.3. The summed E-state index contributed by atoms with van der Waals surface area (Å²) in [5.74, 6) is -0.132. The number of hydrogen-bond acceptors (Lipinski definition) is 5. The number of rotatable bonds is 8. The summed E-state index contributed by atoms with van der Waals surface area (Å²) >= 11 is 6.14. The van der Waals surface area contributed by atoms with Gasteiger partial charge in [-0.25, -0.2) is 4.79 Å². The molecule has 4 N–H and O–H groups in total. The Morgan fingerprint density at radius 1 is 1.11 bits per heavy atom. The number of piperidine rings is 1. The van der Waals surface area contributed by atoms with E-state index in [0.29, 0.717) is 37.7 Å². The van der Waals surface area contributed by atoms with Crippen molar-refractivity contribution in [3.8, 4) is 11.1 Å². The summed E-state index contributed by atoms with van der Waals surface area (Å²) in [6.45, 7) is 2.33. The predicted molar refractivity (Wildman–Crippen MR) is 142 cm³/mol. The fourth-order valence-corrected chi connectivity index (χ4v) is 5.78. The molecule has 2 fully saturated rings. The van der Waals surface area contributed by atoms with Crippen molar-refractivity contribution in [3.63, 3.8) is 0 Å². The van der Waals surface area contributed by atoms with Crippen LogP contribution in [0.4, 0.5) is 4.79 Å². The molecular weight excluding hydrogens is 478 g/mol. The topological polar surface area (TPSA) is 99.3 Å². The summed E-state index contributed by atoms with van der Waals surface area (Å²) in [5, 5.41) is 23.2. The third-order valence-electron chi connectivity index (χ3n) is 7.68. The first-order chi connectivity index (χ1) is 17.3. The highest BCUT2D eigenvalue weighted by atomic mass is 35.5. The number of urea groups is 1. The standard InChI is InChI=1S/C28H38ClN3O4/c1-36-16-5-4-14-28(35,24-9-3-2-8-23(24)20-10-12-22(29)13-11-20)21-7-6-15-31(17-21)27(34)32-18-25(30)26(33)19-32/h2-3,8-13,21,25-26,33,35H,4-7,14-19,30H2,1H3/t21?,25-,26+,28+/m1/s1. The maximum Gasteiger partial charge on any atom is 0.320 e. The largest absolute Gasteiger partial charge is 0.390 e. The molecule has 2 saturated heterocycles. The molecule has 1 unspecified atom stereocenters. The Hall–Kier alpha value is -2.16. The van der Waals surface area contributed by atoms with Gasteiger partial charge in [0.15, 0.2) is 0 Å². The van der Waals surface area contributed by atoms with Crippen molar-refractivity contribution in [1.29, 1.82) is 0 Å². The van der Waals surface area contributed by atoms with Crippen molar-refractivity contribution in [1.82, 2.24) is 9.80 Å². The number of benzene rings is 2. The van der Waals surface area contributed by atoms with Gasteiger partial charge in [0.2, 0.25) is 0 Å². The molecule has 4 atom stereocenters. The van der Waals surface area contributed by atoms with E-state index in [9.17, 15) is 15.0 Å². The second kappa shape index (κ2) is 11.9. The third kappa shape index (κ3) is 5.87. The van der Waals surface area contributed by atoms with Gasteiger partial charge in [-0.15, -0.1) is 0 Å². The fourth-order valence-electron chi connectivity index (χ4n) is 5.65. The Balaban J connectivity index is 1.63. The summed E-state index contributed by atoms with van der Waals surface area (Å²) in [6.07, 6.45) is 3.15. The Morgan fingerprint density at radius 3 is 2.56 bits per heavy atom. The molecule has 36 heavy (non-hydrogen) atoms. The molecule has 0 bridgehead atoms. The lowest BCUT2D eigenvalue weighted by molar-refractivity contribution is -0.0571. The van der Waals surface area contributed by atoms with Gasteiger partial charge in [0.1, 0.15) is 0 Å². The van der Waals surface area contributed by atoms with E-state index < -0.39 is 17.7 Å². The van der Waals surface area contributed by atoms with E-state index in [1.807, 2.05) is 53.4 Å². The normalized spacial score (nSPS) is 24.1. The molecule has 2 aliphatic heterocycles. The quantitative estimate of drug-likeness (QED) is 0.464. The van der Waals surface area contributed by atoms with Crippen molar-refractivity contribution in [2.45, 2.75) is 49.9 Å². The minimum Gasteiger partial charge on any atom is -0.390 e. The van der Waals surface area contributed by atoms with Crippen LogP contribution in [0.5, 0.6) is 0 Å². The monoisotopic (exact) mass is 515 g/mol. The highest BCUT2D eigenvalue weighted by Crippen LogP contribution is 2.44. The zero-order valence-corrected chi connectivity index (χ0v) is 21.7. The summed E-state index contributed by atoms with van der Waals surface area (Å²) in [7, 11) is 1.69. The molecule has 8 heteroatoms. The third-order valence-corrected chi connectivity index (χ3v) is 7.93. The van der Waals surface area contributed by atoms with E-state index in [2.05, 4.69) is 0 Å². The molecule has 196 valence electrons. The number of unbranched alkanes of at least 4 members (excludes halogenated alkanes) is 1. The average molecular weight is 516 g/mol. The number of nitrogens with zero attached hydrogens (tertiary/aromatic N) is 2. The van der Waals surface area contributed by atoms with E-state index in [4.69, 9.17) is 22.1 Å². The lowest BCUT2D eigenvalue weighted by Gasteiger charge is -2.44. The molecule has 2 heterocycles. The van der Waals surface area contributed by atoms with Crippen LogP contribution in [0.15, 0.2) is 48.5 Å². The zero-order chi connectivity index (χ0) is 25.7. The number of aliphatic hydroxyl groups is 2. The molecule has 4 rings (SSSR count). The second-order valence-electron chi connectivity index (χ2n) is 10.1. The number of ether oxygens (including phenoxy) is 1. The lowest BCUT2D eigenvalue weighted by Crippen LogP contribution is -2.52. The van der Waals surface area contributed by atoms with Gasteiger partial charge in [0.25, 0.3) is 0 Å². The molecule has 0 aromatic heterocycles. The van der Waals surface area contributed by atoms with Crippen molar-refractivity contribution in [2.75, 3.05) is 39.9 Å². The number of methoxy groups -OCH3 is 1. The Morgan fingerprint density at radius 2 is 1.86 bits per heavy atom. The van der Waals surface area contributed by atoms with Crippen molar-refractivity contribution >= 4 is 17.6 Å². The molecule has 2 amide bonds. The van der Waals surface area contributed by atoms with Crippen LogP contribution in [0.25, 0.3) is 11.1 Å². The maximum absolute atomic E-state index is 13.3. The van der Waals surface area contributed by atoms with Gasteiger partial charge >= 0.3 is 6.03 Å². The van der Waals surface area contributed by atoms with Gasteiger partial charge in [-0.2, -0.15) is 0 Å². The van der Waals surface area contributed by atoms with Crippen LogP contribution < -0.4 is 5.73 Å². The molecule has 2 aliphatic rings. The summed E-state index contributed by atoms with van der Waals surface area (Å²) in [6, 6.07) is 15.1. The SMILES string of the molecule is COCCCC[C@@](O)(c1ccccc1-c1ccc(Cl)cc1)C1CCCN(C(=O)N2C[C@@H](N)[C@@H](O)C2)C1. The molecule has 2 aromatic carbocycles. The van der Waals surface area contributed by atoms with E-state index in [1.54, 1.807) is 12.0 Å². The van der Waals surface area contributed by atoms with Crippen LogP contribution in [0, 0.1) is 5.92 Å². The maximum atomic E-state index is 13.3. The van der Waals surface area contributed by atoms with Crippen molar-refractivity contribution < 1.29 is 19.7 Å². The first-order valence-electron chi connectivity index (χ1n) is 12.9. The fraction of sp³-hybridized carbons (Fsp3) is 0.536. The van der Waals surface area contributed by atoms with Gasteiger partial charge < -0.3 is 30.5 Å². The highest BCUT2D eigenvalue weighted by Gasteiger charge is 2.43. The van der Waals surface area contributed by atoms with Crippen molar-refractivity contribution in [2.24, 2.45) is 11.7 Å².